The summed E-state index contributed by atoms with van der Waals surface area (Å²) in [6.45, 7) is 1.99. The number of nitrogens with one attached hydrogen (secondary N) is 1. The molecule has 3 N–H and O–H groups in total. The highest BCUT2D eigenvalue weighted by molar-refractivity contribution is 5.88. The lowest BCUT2D eigenvalue weighted by Gasteiger charge is -2.27. The number of methoxy groups -OCH3 is 1. The van der Waals surface area contributed by atoms with Gasteiger partial charge in [-0.15, -0.1) is 0 Å². The Morgan fingerprint density at radius 1 is 1.39 bits per heavy atom. The van der Waals surface area contributed by atoms with E-state index in [4.69, 9.17) is 10.6 Å². The van der Waals surface area contributed by atoms with Crippen molar-refractivity contribution in [3.05, 3.63) is 29.3 Å². The van der Waals surface area contributed by atoms with Gasteiger partial charge in [0, 0.05) is 0 Å². The Labute approximate surface area is 107 Å². The third kappa shape index (κ3) is 1.97. The molecule has 1 amide bonds. The molecule has 0 saturated heterocycles. The number of nitrogens with two attached hydrogens (primary N) is 1. The van der Waals surface area contributed by atoms with E-state index in [2.05, 4.69) is 5.43 Å². The first-order valence-corrected chi connectivity index (χ1v) is 6.30. The molecular weight excluding hydrogens is 228 g/mol. The van der Waals surface area contributed by atoms with Crippen LogP contribution < -0.4 is 16.0 Å². The van der Waals surface area contributed by atoms with Gasteiger partial charge in [0.25, 0.3) is 0 Å². The van der Waals surface area contributed by atoms with Gasteiger partial charge in [-0.1, -0.05) is 25.0 Å². The standard InChI is InChI=1S/C14H20N2O2/c1-10-9-11(5-6-12(10)18-2)14(13(17)16-15)7-3-4-8-14/h5-6,9H,3-4,7-8,15H2,1-2H3,(H,16,17). The Kier molecular flexibility index (Phi) is 3.57. The normalized spacial score (nSPS) is 17.5. The molecule has 0 radical (unpaired) electrons. The minimum Gasteiger partial charge on any atom is -0.496 e. The second-order valence-electron chi connectivity index (χ2n) is 4.95. The molecule has 1 aliphatic rings. The topological polar surface area (TPSA) is 64.3 Å². The van der Waals surface area contributed by atoms with Gasteiger partial charge in [-0.3, -0.25) is 10.2 Å². The number of carbonyl (C=O) groups is 1. The molecule has 0 aliphatic heterocycles. The highest BCUT2D eigenvalue weighted by Gasteiger charge is 2.42. The first-order chi connectivity index (χ1) is 8.64. The number of ether oxygens (including phenoxy) is 1. The summed E-state index contributed by atoms with van der Waals surface area (Å²) < 4.78 is 5.26. The molecule has 4 heteroatoms. The van der Waals surface area contributed by atoms with Gasteiger partial charge < -0.3 is 4.74 Å². The SMILES string of the molecule is COc1ccc(C2(C(=O)NN)CCCC2)cc1C. The summed E-state index contributed by atoms with van der Waals surface area (Å²) in [6, 6.07) is 5.94. The summed E-state index contributed by atoms with van der Waals surface area (Å²) in [4.78, 5) is 12.1. The van der Waals surface area contributed by atoms with Crippen molar-refractivity contribution in [2.75, 3.05) is 7.11 Å². The van der Waals surface area contributed by atoms with Crippen LogP contribution in [0.1, 0.15) is 36.8 Å². The fraction of sp³-hybridized carbons (Fsp3) is 0.500. The van der Waals surface area contributed by atoms with Crippen LogP contribution in [-0.2, 0) is 10.2 Å². The van der Waals surface area contributed by atoms with Crippen molar-refractivity contribution in [2.24, 2.45) is 5.84 Å². The number of rotatable bonds is 3. The van der Waals surface area contributed by atoms with E-state index in [1.807, 2.05) is 25.1 Å². The van der Waals surface area contributed by atoms with Crippen molar-refractivity contribution in [3.8, 4) is 5.75 Å². The fourth-order valence-electron chi connectivity index (χ4n) is 2.94. The Balaban J connectivity index is 2.43. The molecular formula is C14H20N2O2. The van der Waals surface area contributed by atoms with Crippen LogP contribution in [0.2, 0.25) is 0 Å². The molecule has 0 bridgehead atoms. The molecule has 1 aromatic rings. The summed E-state index contributed by atoms with van der Waals surface area (Å²) in [5.74, 6) is 6.11. The zero-order valence-corrected chi connectivity index (χ0v) is 11.0. The summed E-state index contributed by atoms with van der Waals surface area (Å²) in [6.07, 6.45) is 3.86. The van der Waals surface area contributed by atoms with E-state index in [0.29, 0.717) is 0 Å². The zero-order chi connectivity index (χ0) is 13.2. The lowest BCUT2D eigenvalue weighted by atomic mass is 9.77. The van der Waals surface area contributed by atoms with Crippen LogP contribution in [0.25, 0.3) is 0 Å². The van der Waals surface area contributed by atoms with Crippen molar-refractivity contribution >= 4 is 5.91 Å². The van der Waals surface area contributed by atoms with Crippen molar-refractivity contribution < 1.29 is 9.53 Å². The maximum atomic E-state index is 12.1. The van der Waals surface area contributed by atoms with Crippen molar-refractivity contribution in [3.63, 3.8) is 0 Å². The smallest absolute Gasteiger partial charge is 0.244 e. The van der Waals surface area contributed by atoms with Crippen LogP contribution in [0.15, 0.2) is 18.2 Å². The average Bonchev–Trinajstić information content (AvgIpc) is 2.88. The number of hydrazine groups is 1. The summed E-state index contributed by atoms with van der Waals surface area (Å²) in [5.41, 5.74) is 3.96. The molecule has 1 saturated carbocycles. The molecule has 98 valence electrons. The van der Waals surface area contributed by atoms with Crippen LogP contribution in [-0.4, -0.2) is 13.0 Å². The van der Waals surface area contributed by atoms with Gasteiger partial charge in [0.2, 0.25) is 5.91 Å². The Bertz CT molecular complexity index is 451. The first-order valence-electron chi connectivity index (χ1n) is 6.30. The fourth-order valence-corrected chi connectivity index (χ4v) is 2.94. The number of hydrogen-bond donors (Lipinski definition) is 2. The van der Waals surface area contributed by atoms with E-state index in [1.54, 1.807) is 7.11 Å². The molecule has 0 atom stereocenters. The molecule has 2 rings (SSSR count). The molecule has 0 unspecified atom stereocenters. The molecule has 1 aliphatic carbocycles. The average molecular weight is 248 g/mol. The minimum atomic E-state index is -0.453. The maximum absolute atomic E-state index is 12.1. The van der Waals surface area contributed by atoms with Crippen molar-refractivity contribution in [1.82, 2.24) is 5.43 Å². The Hall–Kier alpha value is -1.55. The Morgan fingerprint density at radius 2 is 2.06 bits per heavy atom. The van der Waals surface area contributed by atoms with Crippen LogP contribution in [0.5, 0.6) is 5.75 Å². The summed E-state index contributed by atoms with van der Waals surface area (Å²) in [7, 11) is 1.65. The molecule has 1 fully saturated rings. The van der Waals surface area contributed by atoms with Gasteiger partial charge in [0.15, 0.2) is 0 Å². The van der Waals surface area contributed by atoms with E-state index >= 15 is 0 Å². The van der Waals surface area contributed by atoms with E-state index in [9.17, 15) is 4.79 Å². The van der Waals surface area contributed by atoms with E-state index in [-0.39, 0.29) is 5.91 Å². The van der Waals surface area contributed by atoms with Gasteiger partial charge in [-0.2, -0.15) is 0 Å². The van der Waals surface area contributed by atoms with E-state index < -0.39 is 5.41 Å². The second-order valence-corrected chi connectivity index (χ2v) is 4.95. The van der Waals surface area contributed by atoms with Gasteiger partial charge in [0.05, 0.1) is 12.5 Å². The predicted molar refractivity (Wildman–Crippen MR) is 70.2 cm³/mol. The third-order valence-electron chi connectivity index (χ3n) is 3.97. The minimum absolute atomic E-state index is 0.0791. The summed E-state index contributed by atoms with van der Waals surface area (Å²) in [5, 5.41) is 0. The third-order valence-corrected chi connectivity index (χ3v) is 3.97. The molecule has 1 aromatic carbocycles. The molecule has 4 nitrogen and oxygen atoms in total. The Morgan fingerprint density at radius 3 is 2.56 bits per heavy atom. The lowest BCUT2D eigenvalue weighted by molar-refractivity contribution is -0.126. The summed E-state index contributed by atoms with van der Waals surface area (Å²) >= 11 is 0. The van der Waals surface area contributed by atoms with Crippen LogP contribution >= 0.6 is 0 Å². The van der Waals surface area contributed by atoms with E-state index in [0.717, 1.165) is 42.6 Å². The second kappa shape index (κ2) is 4.98. The number of amides is 1. The van der Waals surface area contributed by atoms with Gasteiger partial charge in [-0.05, 0) is 37.0 Å². The zero-order valence-electron chi connectivity index (χ0n) is 11.0. The first kappa shape index (κ1) is 12.9. The van der Waals surface area contributed by atoms with Gasteiger partial charge in [0.1, 0.15) is 5.75 Å². The van der Waals surface area contributed by atoms with Gasteiger partial charge in [-0.25, -0.2) is 5.84 Å². The molecule has 0 heterocycles. The van der Waals surface area contributed by atoms with Crippen LogP contribution in [0.3, 0.4) is 0 Å². The van der Waals surface area contributed by atoms with Crippen molar-refractivity contribution in [2.45, 2.75) is 38.0 Å². The van der Waals surface area contributed by atoms with Gasteiger partial charge >= 0.3 is 0 Å². The predicted octanol–water partition coefficient (Wildman–Crippen LogP) is 1.81. The quantitative estimate of drug-likeness (QED) is 0.487. The largest absolute Gasteiger partial charge is 0.496 e. The molecule has 0 aromatic heterocycles. The lowest BCUT2D eigenvalue weighted by Crippen LogP contribution is -2.45. The number of benzene rings is 1. The van der Waals surface area contributed by atoms with Crippen molar-refractivity contribution in [1.29, 1.82) is 0 Å². The number of carbonyl (C=O) groups excluding carboxylic acids is 1. The maximum Gasteiger partial charge on any atom is 0.244 e. The molecule has 18 heavy (non-hydrogen) atoms. The monoisotopic (exact) mass is 248 g/mol. The highest BCUT2D eigenvalue weighted by Crippen LogP contribution is 2.42. The number of aryl methyl sites for hydroxylation is 1. The van der Waals surface area contributed by atoms with Crippen LogP contribution in [0.4, 0.5) is 0 Å². The molecule has 0 spiro atoms. The van der Waals surface area contributed by atoms with E-state index in [1.165, 1.54) is 0 Å². The number of hydrogen-bond acceptors (Lipinski definition) is 3. The highest BCUT2D eigenvalue weighted by atomic mass is 16.5. The van der Waals surface area contributed by atoms with Crippen LogP contribution in [0, 0.1) is 6.92 Å².